The maximum Gasteiger partial charge on any atom is 0.246 e. The fourth-order valence-electron chi connectivity index (χ4n) is 2.80. The van der Waals surface area contributed by atoms with Crippen LogP contribution in [0.4, 0.5) is 0 Å². The van der Waals surface area contributed by atoms with Gasteiger partial charge < -0.3 is 10.2 Å². The van der Waals surface area contributed by atoms with Crippen LogP contribution in [0.25, 0.3) is 0 Å². The predicted molar refractivity (Wildman–Crippen MR) is 69.0 cm³/mol. The van der Waals surface area contributed by atoms with Crippen molar-refractivity contribution in [2.45, 2.75) is 32.2 Å². The molecule has 2 heterocycles. The minimum Gasteiger partial charge on any atom is -0.306 e. The number of imide groups is 1. The van der Waals surface area contributed by atoms with Crippen LogP contribution in [-0.2, 0) is 9.59 Å². The highest BCUT2D eigenvalue weighted by Crippen LogP contribution is 2.16. The Morgan fingerprint density at radius 2 is 2.17 bits per heavy atom. The number of hydrogen-bond acceptors (Lipinski definition) is 4. The van der Waals surface area contributed by atoms with Crippen LogP contribution < -0.4 is 5.32 Å². The molecule has 2 unspecified atom stereocenters. The Morgan fingerprint density at radius 1 is 1.39 bits per heavy atom. The number of carbonyl (C=O) groups excluding carboxylic acids is 2. The van der Waals surface area contributed by atoms with Crippen molar-refractivity contribution in [3.05, 3.63) is 0 Å². The van der Waals surface area contributed by atoms with Crippen LogP contribution in [0.2, 0.25) is 0 Å². The number of carbonyl (C=O) groups is 2. The molecule has 0 aromatic heterocycles. The summed E-state index contributed by atoms with van der Waals surface area (Å²) in [6, 6.07) is -0.282. The zero-order chi connectivity index (χ0) is 13.1. The van der Waals surface area contributed by atoms with Gasteiger partial charge in [-0.3, -0.25) is 14.5 Å². The zero-order valence-electron chi connectivity index (χ0n) is 11.3. The Labute approximate surface area is 108 Å². The zero-order valence-corrected chi connectivity index (χ0v) is 11.3. The second-order valence-corrected chi connectivity index (χ2v) is 5.47. The summed E-state index contributed by atoms with van der Waals surface area (Å²) >= 11 is 0. The first-order valence-corrected chi connectivity index (χ1v) is 6.88. The van der Waals surface area contributed by atoms with Gasteiger partial charge in [-0.1, -0.05) is 6.92 Å². The maximum atomic E-state index is 12.0. The van der Waals surface area contributed by atoms with Gasteiger partial charge in [0.15, 0.2) is 0 Å². The number of rotatable bonds is 5. The molecule has 102 valence electrons. The van der Waals surface area contributed by atoms with Crippen LogP contribution in [-0.4, -0.2) is 60.9 Å². The number of nitrogens with one attached hydrogen (secondary N) is 1. The van der Waals surface area contributed by atoms with Gasteiger partial charge in [0, 0.05) is 13.1 Å². The van der Waals surface area contributed by atoms with Gasteiger partial charge in [-0.15, -0.1) is 0 Å². The van der Waals surface area contributed by atoms with Gasteiger partial charge in [0.2, 0.25) is 11.8 Å². The minimum absolute atomic E-state index is 0.0251. The smallest absolute Gasteiger partial charge is 0.246 e. The summed E-state index contributed by atoms with van der Waals surface area (Å²) in [5, 5.41) is 3.27. The maximum absolute atomic E-state index is 12.0. The second kappa shape index (κ2) is 5.80. The number of nitrogens with zero attached hydrogens (tertiary/aromatic N) is 2. The lowest BCUT2D eigenvalue weighted by atomic mass is 10.1. The molecule has 2 fully saturated rings. The Hall–Kier alpha value is -0.940. The van der Waals surface area contributed by atoms with Crippen LogP contribution >= 0.6 is 0 Å². The van der Waals surface area contributed by atoms with Crippen LogP contribution in [0.3, 0.4) is 0 Å². The van der Waals surface area contributed by atoms with Crippen molar-refractivity contribution in [1.82, 2.24) is 15.1 Å². The summed E-state index contributed by atoms with van der Waals surface area (Å²) in [6.45, 7) is 5.60. The molecule has 5 nitrogen and oxygen atoms in total. The van der Waals surface area contributed by atoms with Gasteiger partial charge >= 0.3 is 0 Å². The first-order chi connectivity index (χ1) is 8.61. The van der Waals surface area contributed by atoms with E-state index in [0.717, 1.165) is 26.1 Å². The molecular formula is C13H23N3O2. The highest BCUT2D eigenvalue weighted by atomic mass is 16.2. The van der Waals surface area contributed by atoms with E-state index in [4.69, 9.17) is 0 Å². The highest BCUT2D eigenvalue weighted by molar-refractivity contribution is 6.05. The van der Waals surface area contributed by atoms with Crippen molar-refractivity contribution in [3.8, 4) is 0 Å². The van der Waals surface area contributed by atoms with E-state index in [0.29, 0.717) is 18.9 Å². The molecule has 5 heteroatoms. The summed E-state index contributed by atoms with van der Waals surface area (Å²) in [4.78, 5) is 27.4. The molecule has 0 spiro atoms. The standard InChI is InChI=1S/C13H23N3O2/c1-3-5-16-12(17)7-11(13(16)18)14-8-10-4-6-15(2)9-10/h10-11,14H,3-9H2,1-2H3. The molecule has 18 heavy (non-hydrogen) atoms. The third-order valence-corrected chi connectivity index (χ3v) is 3.83. The van der Waals surface area contributed by atoms with Gasteiger partial charge in [0.05, 0.1) is 12.5 Å². The van der Waals surface area contributed by atoms with Crippen LogP contribution in [0.15, 0.2) is 0 Å². The molecular weight excluding hydrogens is 230 g/mol. The van der Waals surface area contributed by atoms with Crippen molar-refractivity contribution in [3.63, 3.8) is 0 Å². The van der Waals surface area contributed by atoms with Crippen molar-refractivity contribution >= 4 is 11.8 Å². The van der Waals surface area contributed by atoms with E-state index in [-0.39, 0.29) is 17.9 Å². The molecule has 2 aliphatic heterocycles. The summed E-state index contributed by atoms with van der Waals surface area (Å²) in [7, 11) is 2.12. The van der Waals surface area contributed by atoms with Gasteiger partial charge in [0.25, 0.3) is 0 Å². The van der Waals surface area contributed by atoms with E-state index in [2.05, 4.69) is 17.3 Å². The average Bonchev–Trinajstić information content (AvgIpc) is 2.86. The van der Waals surface area contributed by atoms with E-state index >= 15 is 0 Å². The predicted octanol–water partition coefficient (Wildman–Crippen LogP) is 0.0652. The van der Waals surface area contributed by atoms with Crippen LogP contribution in [0.1, 0.15) is 26.2 Å². The van der Waals surface area contributed by atoms with Gasteiger partial charge in [0.1, 0.15) is 0 Å². The summed E-state index contributed by atoms with van der Waals surface area (Å²) in [5.41, 5.74) is 0. The molecule has 0 bridgehead atoms. The Kier molecular flexibility index (Phi) is 4.35. The fourth-order valence-corrected chi connectivity index (χ4v) is 2.80. The lowest BCUT2D eigenvalue weighted by molar-refractivity contribution is -0.138. The normalized spacial score (nSPS) is 29.6. The Morgan fingerprint density at radius 3 is 2.78 bits per heavy atom. The minimum atomic E-state index is -0.282. The molecule has 2 aliphatic rings. The molecule has 0 aromatic rings. The first kappa shape index (κ1) is 13.5. The van der Waals surface area contributed by atoms with E-state index < -0.39 is 0 Å². The van der Waals surface area contributed by atoms with E-state index in [1.54, 1.807) is 0 Å². The van der Waals surface area contributed by atoms with Crippen molar-refractivity contribution < 1.29 is 9.59 Å². The van der Waals surface area contributed by atoms with E-state index in [1.807, 2.05) is 6.92 Å². The fraction of sp³-hybridized carbons (Fsp3) is 0.846. The van der Waals surface area contributed by atoms with E-state index in [1.165, 1.54) is 11.3 Å². The number of likely N-dealkylation sites (tertiary alicyclic amines) is 2. The monoisotopic (exact) mass is 253 g/mol. The Balaban J connectivity index is 1.80. The lowest BCUT2D eigenvalue weighted by Gasteiger charge is -2.16. The number of amides is 2. The van der Waals surface area contributed by atoms with Crippen LogP contribution in [0.5, 0.6) is 0 Å². The SMILES string of the molecule is CCCN1C(=O)CC(NCC2CCN(C)C2)C1=O. The topological polar surface area (TPSA) is 52.7 Å². The summed E-state index contributed by atoms with van der Waals surface area (Å²) in [5.74, 6) is 0.550. The first-order valence-electron chi connectivity index (χ1n) is 6.88. The summed E-state index contributed by atoms with van der Waals surface area (Å²) < 4.78 is 0. The largest absolute Gasteiger partial charge is 0.306 e. The number of hydrogen-bond donors (Lipinski definition) is 1. The molecule has 2 atom stereocenters. The van der Waals surface area contributed by atoms with Crippen molar-refractivity contribution in [2.75, 3.05) is 33.2 Å². The average molecular weight is 253 g/mol. The molecule has 2 rings (SSSR count). The van der Waals surface area contributed by atoms with Crippen LogP contribution in [0, 0.1) is 5.92 Å². The Bertz CT molecular complexity index is 332. The lowest BCUT2D eigenvalue weighted by Crippen LogP contribution is -2.41. The third-order valence-electron chi connectivity index (χ3n) is 3.83. The highest BCUT2D eigenvalue weighted by Gasteiger charge is 2.37. The third kappa shape index (κ3) is 2.90. The van der Waals surface area contributed by atoms with Gasteiger partial charge in [-0.25, -0.2) is 0 Å². The molecule has 0 aromatic carbocycles. The molecule has 0 saturated carbocycles. The molecule has 0 aliphatic carbocycles. The van der Waals surface area contributed by atoms with E-state index in [9.17, 15) is 9.59 Å². The molecule has 2 saturated heterocycles. The molecule has 0 radical (unpaired) electrons. The van der Waals surface area contributed by atoms with Crippen molar-refractivity contribution in [1.29, 1.82) is 0 Å². The molecule has 1 N–H and O–H groups in total. The van der Waals surface area contributed by atoms with Gasteiger partial charge in [-0.05, 0) is 38.9 Å². The van der Waals surface area contributed by atoms with Crippen molar-refractivity contribution in [2.24, 2.45) is 5.92 Å². The second-order valence-electron chi connectivity index (χ2n) is 5.47. The summed E-state index contributed by atoms with van der Waals surface area (Å²) in [6.07, 6.45) is 2.34. The molecule has 2 amide bonds. The quantitative estimate of drug-likeness (QED) is 0.704. The van der Waals surface area contributed by atoms with Gasteiger partial charge in [-0.2, -0.15) is 0 Å².